The fourth-order valence-corrected chi connectivity index (χ4v) is 2.32. The molecule has 1 N–H and O–H groups in total. The van der Waals surface area contributed by atoms with Crippen molar-refractivity contribution in [2.75, 3.05) is 11.2 Å². The second-order valence-corrected chi connectivity index (χ2v) is 5.55. The first-order chi connectivity index (χ1) is 10.2. The van der Waals surface area contributed by atoms with Gasteiger partial charge in [-0.3, -0.25) is 4.79 Å². The lowest BCUT2D eigenvalue weighted by Gasteiger charge is -2.06. The van der Waals surface area contributed by atoms with Gasteiger partial charge in [-0.15, -0.1) is 11.6 Å². The van der Waals surface area contributed by atoms with Crippen LogP contribution in [-0.4, -0.2) is 11.8 Å². The third-order valence-corrected chi connectivity index (χ3v) is 3.57. The monoisotopic (exact) mass is 301 g/mol. The molecule has 2 aromatic carbocycles. The second kappa shape index (κ2) is 7.84. The molecule has 21 heavy (non-hydrogen) atoms. The van der Waals surface area contributed by atoms with Gasteiger partial charge in [-0.25, -0.2) is 0 Å². The predicted octanol–water partition coefficient (Wildman–Crippen LogP) is 4.35. The zero-order valence-corrected chi connectivity index (χ0v) is 13.0. The Bertz CT molecular complexity index is 575. The SMILES string of the molecule is Cc1ccc(CCC(=O)Nc2ccc(CCCl)cc2)cc1. The highest BCUT2D eigenvalue weighted by Gasteiger charge is 2.03. The van der Waals surface area contributed by atoms with Crippen LogP contribution in [0.5, 0.6) is 0 Å². The number of aryl methyl sites for hydroxylation is 3. The molecule has 0 spiro atoms. The minimum atomic E-state index is 0.0423. The summed E-state index contributed by atoms with van der Waals surface area (Å²) in [6.45, 7) is 2.06. The number of amides is 1. The average Bonchev–Trinajstić information content (AvgIpc) is 2.49. The van der Waals surface area contributed by atoms with Crippen LogP contribution in [0.25, 0.3) is 0 Å². The highest BCUT2D eigenvalue weighted by Crippen LogP contribution is 2.12. The van der Waals surface area contributed by atoms with E-state index in [9.17, 15) is 4.79 Å². The summed E-state index contributed by atoms with van der Waals surface area (Å²) in [5, 5.41) is 2.92. The summed E-state index contributed by atoms with van der Waals surface area (Å²) in [4.78, 5) is 11.9. The number of carbonyl (C=O) groups is 1. The number of hydrogen-bond acceptors (Lipinski definition) is 1. The van der Waals surface area contributed by atoms with E-state index in [4.69, 9.17) is 11.6 Å². The van der Waals surface area contributed by atoms with Crippen molar-refractivity contribution < 1.29 is 4.79 Å². The van der Waals surface area contributed by atoms with Gasteiger partial charge in [0.05, 0.1) is 0 Å². The van der Waals surface area contributed by atoms with Crippen LogP contribution in [-0.2, 0) is 17.6 Å². The number of nitrogens with one attached hydrogen (secondary N) is 1. The first kappa shape index (κ1) is 15.6. The standard InChI is InChI=1S/C18H20ClNO/c1-14-2-4-15(5-3-14)8-11-18(21)20-17-9-6-16(7-10-17)12-13-19/h2-7,9-10H,8,11-13H2,1H3,(H,20,21). The summed E-state index contributed by atoms with van der Waals surface area (Å²) in [7, 11) is 0. The van der Waals surface area contributed by atoms with Crippen molar-refractivity contribution in [3.63, 3.8) is 0 Å². The molecule has 2 aromatic rings. The Morgan fingerprint density at radius 3 is 2.14 bits per heavy atom. The molecule has 0 aliphatic rings. The molecular weight excluding hydrogens is 282 g/mol. The highest BCUT2D eigenvalue weighted by atomic mass is 35.5. The number of alkyl halides is 1. The van der Waals surface area contributed by atoms with E-state index in [1.807, 2.05) is 24.3 Å². The van der Waals surface area contributed by atoms with Gasteiger partial charge in [-0.1, -0.05) is 42.0 Å². The second-order valence-electron chi connectivity index (χ2n) is 5.17. The minimum Gasteiger partial charge on any atom is -0.326 e. The third-order valence-electron chi connectivity index (χ3n) is 3.38. The van der Waals surface area contributed by atoms with Gasteiger partial charge >= 0.3 is 0 Å². The molecule has 0 radical (unpaired) electrons. The molecule has 0 heterocycles. The summed E-state index contributed by atoms with van der Waals surface area (Å²) in [5.41, 5.74) is 4.44. The summed E-state index contributed by atoms with van der Waals surface area (Å²) >= 11 is 5.70. The number of carbonyl (C=O) groups excluding carboxylic acids is 1. The fourth-order valence-electron chi connectivity index (χ4n) is 2.10. The van der Waals surface area contributed by atoms with E-state index in [1.165, 1.54) is 16.7 Å². The van der Waals surface area contributed by atoms with E-state index >= 15 is 0 Å². The van der Waals surface area contributed by atoms with Gasteiger partial charge in [0.2, 0.25) is 5.91 Å². The van der Waals surface area contributed by atoms with Gasteiger partial charge in [0.15, 0.2) is 0 Å². The van der Waals surface area contributed by atoms with Gasteiger partial charge in [-0.05, 0) is 43.0 Å². The Labute approximate surface area is 131 Å². The maximum atomic E-state index is 11.9. The van der Waals surface area contributed by atoms with Crippen LogP contribution >= 0.6 is 11.6 Å². The van der Waals surface area contributed by atoms with Gasteiger partial charge in [0.25, 0.3) is 0 Å². The largest absolute Gasteiger partial charge is 0.326 e. The molecule has 0 saturated heterocycles. The molecule has 3 heteroatoms. The summed E-state index contributed by atoms with van der Waals surface area (Å²) in [5.74, 6) is 0.656. The van der Waals surface area contributed by atoms with Crippen LogP contribution in [0.2, 0.25) is 0 Å². The Kier molecular flexibility index (Phi) is 5.82. The van der Waals surface area contributed by atoms with Gasteiger partial charge in [-0.2, -0.15) is 0 Å². The molecule has 1 amide bonds. The smallest absolute Gasteiger partial charge is 0.224 e. The molecule has 2 rings (SSSR count). The molecule has 2 nitrogen and oxygen atoms in total. The van der Waals surface area contributed by atoms with Crippen molar-refractivity contribution in [1.82, 2.24) is 0 Å². The molecule has 0 saturated carbocycles. The maximum Gasteiger partial charge on any atom is 0.224 e. The molecule has 110 valence electrons. The number of benzene rings is 2. The molecular formula is C18H20ClNO. The quantitative estimate of drug-likeness (QED) is 0.790. The molecule has 0 unspecified atom stereocenters. The van der Waals surface area contributed by atoms with Gasteiger partial charge < -0.3 is 5.32 Å². The zero-order valence-electron chi connectivity index (χ0n) is 12.2. The van der Waals surface area contributed by atoms with Crippen LogP contribution in [0.4, 0.5) is 5.69 Å². The number of rotatable bonds is 6. The van der Waals surface area contributed by atoms with Crippen LogP contribution < -0.4 is 5.32 Å². The lowest BCUT2D eigenvalue weighted by molar-refractivity contribution is -0.116. The van der Waals surface area contributed by atoms with E-state index in [0.717, 1.165) is 18.5 Å². The third kappa shape index (κ3) is 5.24. The Morgan fingerprint density at radius 2 is 1.52 bits per heavy atom. The molecule has 0 bridgehead atoms. The number of hydrogen-bond donors (Lipinski definition) is 1. The summed E-state index contributed by atoms with van der Waals surface area (Å²) in [6.07, 6.45) is 2.10. The first-order valence-electron chi connectivity index (χ1n) is 7.17. The Balaban J connectivity index is 1.82. The van der Waals surface area contributed by atoms with E-state index in [2.05, 4.69) is 36.5 Å². The first-order valence-corrected chi connectivity index (χ1v) is 7.71. The van der Waals surface area contributed by atoms with Crippen LogP contribution in [0.3, 0.4) is 0 Å². The predicted molar refractivity (Wildman–Crippen MR) is 89.0 cm³/mol. The van der Waals surface area contributed by atoms with Crippen molar-refractivity contribution in [1.29, 1.82) is 0 Å². The Morgan fingerprint density at radius 1 is 0.952 bits per heavy atom. The summed E-state index contributed by atoms with van der Waals surface area (Å²) < 4.78 is 0. The van der Waals surface area contributed by atoms with E-state index in [1.54, 1.807) is 0 Å². The van der Waals surface area contributed by atoms with Crippen molar-refractivity contribution in [2.45, 2.75) is 26.2 Å². The van der Waals surface area contributed by atoms with Crippen molar-refractivity contribution in [3.8, 4) is 0 Å². The number of anilines is 1. The lowest BCUT2D eigenvalue weighted by Crippen LogP contribution is -2.12. The maximum absolute atomic E-state index is 11.9. The minimum absolute atomic E-state index is 0.0423. The lowest BCUT2D eigenvalue weighted by atomic mass is 10.1. The zero-order chi connectivity index (χ0) is 15.1. The van der Waals surface area contributed by atoms with Gasteiger partial charge in [0.1, 0.15) is 0 Å². The van der Waals surface area contributed by atoms with E-state index < -0.39 is 0 Å². The van der Waals surface area contributed by atoms with Crippen LogP contribution in [0, 0.1) is 6.92 Å². The average molecular weight is 302 g/mol. The molecule has 0 aliphatic heterocycles. The molecule has 0 aliphatic carbocycles. The topological polar surface area (TPSA) is 29.1 Å². The highest BCUT2D eigenvalue weighted by molar-refractivity contribution is 6.17. The van der Waals surface area contributed by atoms with Crippen LogP contribution in [0.15, 0.2) is 48.5 Å². The van der Waals surface area contributed by atoms with Crippen LogP contribution in [0.1, 0.15) is 23.1 Å². The fraction of sp³-hybridized carbons (Fsp3) is 0.278. The summed E-state index contributed by atoms with van der Waals surface area (Å²) in [6, 6.07) is 16.1. The molecule has 0 fully saturated rings. The van der Waals surface area contributed by atoms with Crippen molar-refractivity contribution in [2.24, 2.45) is 0 Å². The van der Waals surface area contributed by atoms with Crippen molar-refractivity contribution >= 4 is 23.2 Å². The Hall–Kier alpha value is -1.80. The van der Waals surface area contributed by atoms with Gasteiger partial charge in [0, 0.05) is 18.0 Å². The van der Waals surface area contributed by atoms with E-state index in [-0.39, 0.29) is 5.91 Å². The van der Waals surface area contributed by atoms with Crippen molar-refractivity contribution in [3.05, 3.63) is 65.2 Å². The number of halogens is 1. The molecule has 0 atom stereocenters. The normalized spacial score (nSPS) is 10.4. The van der Waals surface area contributed by atoms with E-state index in [0.29, 0.717) is 12.3 Å². The molecule has 0 aromatic heterocycles.